The van der Waals surface area contributed by atoms with Crippen LogP contribution in [0.1, 0.15) is 56.4 Å². The average molecular weight is 483 g/mol. The number of methoxy groups -OCH3 is 1. The summed E-state index contributed by atoms with van der Waals surface area (Å²) in [6, 6.07) is 7.38. The summed E-state index contributed by atoms with van der Waals surface area (Å²) in [4.78, 5) is 43.3. The van der Waals surface area contributed by atoms with E-state index >= 15 is 0 Å². The minimum atomic E-state index is -1.60. The van der Waals surface area contributed by atoms with Crippen LogP contribution in [-0.4, -0.2) is 58.9 Å². The molecule has 186 valence electrons. The van der Waals surface area contributed by atoms with Gasteiger partial charge in [0.1, 0.15) is 35.0 Å². The lowest BCUT2D eigenvalue weighted by Gasteiger charge is -2.25. The molecule has 2 aliphatic rings. The number of rotatable bonds is 7. The zero-order valence-electron chi connectivity index (χ0n) is 20.3. The number of aromatic nitrogens is 1. The van der Waals surface area contributed by atoms with Gasteiger partial charge >= 0.3 is 0 Å². The lowest BCUT2D eigenvalue weighted by molar-refractivity contribution is -0.126. The SMILES string of the molecule is COc1cccc2[nH]c(C(=O)N3C[C@H](C(C)(C)F)C[C@H]3C(=O)N[C@H](C#N)C[C@@H]3CCCC3=O)cc12. The molecule has 2 fully saturated rings. The highest BCUT2D eigenvalue weighted by molar-refractivity contribution is 6.01. The van der Waals surface area contributed by atoms with Crippen molar-refractivity contribution in [2.24, 2.45) is 11.8 Å². The number of carbonyl (C=O) groups excluding carboxylic acids is 3. The van der Waals surface area contributed by atoms with Crippen LogP contribution >= 0.6 is 0 Å². The van der Waals surface area contributed by atoms with E-state index in [4.69, 9.17) is 4.74 Å². The van der Waals surface area contributed by atoms with Gasteiger partial charge < -0.3 is 19.9 Å². The zero-order valence-corrected chi connectivity index (χ0v) is 20.3. The number of hydrogen-bond acceptors (Lipinski definition) is 5. The first-order chi connectivity index (χ1) is 16.6. The molecule has 1 aromatic heterocycles. The summed E-state index contributed by atoms with van der Waals surface area (Å²) in [6.07, 6.45) is 2.41. The lowest BCUT2D eigenvalue weighted by Crippen LogP contribution is -2.49. The van der Waals surface area contributed by atoms with Gasteiger partial charge in [-0.05, 0) is 57.7 Å². The van der Waals surface area contributed by atoms with E-state index in [0.717, 1.165) is 11.8 Å². The van der Waals surface area contributed by atoms with E-state index in [2.05, 4.69) is 16.4 Å². The summed E-state index contributed by atoms with van der Waals surface area (Å²) in [5, 5.41) is 13.0. The Bertz CT molecular complexity index is 1180. The maximum absolute atomic E-state index is 14.9. The van der Waals surface area contributed by atoms with Gasteiger partial charge in [0.2, 0.25) is 5.91 Å². The van der Waals surface area contributed by atoms with E-state index in [9.17, 15) is 24.0 Å². The molecule has 4 rings (SSSR count). The number of H-pyrrole nitrogens is 1. The normalized spacial score (nSPS) is 23.3. The van der Waals surface area contributed by atoms with Crippen LogP contribution in [0, 0.1) is 23.2 Å². The van der Waals surface area contributed by atoms with Crippen molar-refractivity contribution in [2.45, 2.75) is 63.7 Å². The van der Waals surface area contributed by atoms with Gasteiger partial charge in [-0.15, -0.1) is 0 Å². The highest BCUT2D eigenvalue weighted by atomic mass is 19.1. The van der Waals surface area contributed by atoms with Crippen molar-refractivity contribution in [1.82, 2.24) is 15.2 Å². The van der Waals surface area contributed by atoms with Crippen LogP contribution in [0.15, 0.2) is 24.3 Å². The highest BCUT2D eigenvalue weighted by Gasteiger charge is 2.46. The summed E-state index contributed by atoms with van der Waals surface area (Å²) < 4.78 is 20.3. The molecule has 9 heteroatoms. The number of aromatic amines is 1. The summed E-state index contributed by atoms with van der Waals surface area (Å²) in [5.74, 6) is -0.983. The summed E-state index contributed by atoms with van der Waals surface area (Å²) in [6.45, 7) is 2.96. The number of nitrogens with zero attached hydrogens (tertiary/aromatic N) is 2. The van der Waals surface area contributed by atoms with Crippen molar-refractivity contribution in [3.63, 3.8) is 0 Å². The Hall–Kier alpha value is -3.41. The number of nitrogens with one attached hydrogen (secondary N) is 2. The fraction of sp³-hybridized carbons (Fsp3) is 0.538. The molecule has 2 N–H and O–H groups in total. The molecule has 0 radical (unpaired) electrons. The van der Waals surface area contributed by atoms with E-state index in [-0.39, 0.29) is 36.8 Å². The third-order valence-electron chi connectivity index (χ3n) is 7.33. The quantitative estimate of drug-likeness (QED) is 0.627. The molecule has 1 aliphatic carbocycles. The molecule has 1 saturated heterocycles. The van der Waals surface area contributed by atoms with Crippen molar-refractivity contribution in [3.05, 3.63) is 30.0 Å². The molecule has 0 unspecified atom stereocenters. The van der Waals surface area contributed by atoms with E-state index in [1.165, 1.54) is 18.7 Å². The average Bonchev–Trinajstić information content (AvgIpc) is 3.55. The van der Waals surface area contributed by atoms with Gasteiger partial charge in [0.25, 0.3) is 5.91 Å². The van der Waals surface area contributed by atoms with E-state index < -0.39 is 35.5 Å². The lowest BCUT2D eigenvalue weighted by atomic mass is 9.90. The maximum atomic E-state index is 14.9. The van der Waals surface area contributed by atoms with Crippen LogP contribution in [0.4, 0.5) is 4.39 Å². The van der Waals surface area contributed by atoms with Gasteiger partial charge in [0.15, 0.2) is 0 Å². The zero-order chi connectivity index (χ0) is 25.3. The van der Waals surface area contributed by atoms with Gasteiger partial charge in [0, 0.05) is 35.7 Å². The van der Waals surface area contributed by atoms with Gasteiger partial charge in [-0.1, -0.05) is 6.07 Å². The largest absolute Gasteiger partial charge is 0.496 e. The van der Waals surface area contributed by atoms with Gasteiger partial charge in [-0.3, -0.25) is 14.4 Å². The predicted octanol–water partition coefficient (Wildman–Crippen LogP) is 3.52. The van der Waals surface area contributed by atoms with Crippen LogP contribution in [0.2, 0.25) is 0 Å². The third-order valence-corrected chi connectivity index (χ3v) is 7.33. The Labute approximate surface area is 203 Å². The second-order valence-electron chi connectivity index (χ2n) is 10.1. The van der Waals surface area contributed by atoms with Crippen molar-refractivity contribution in [3.8, 4) is 11.8 Å². The van der Waals surface area contributed by atoms with Crippen LogP contribution in [0.3, 0.4) is 0 Å². The number of halogens is 1. The number of alkyl halides is 1. The first-order valence-electron chi connectivity index (χ1n) is 12.0. The van der Waals surface area contributed by atoms with Crippen molar-refractivity contribution in [2.75, 3.05) is 13.7 Å². The Morgan fingerprint density at radius 2 is 2.17 bits per heavy atom. The molecule has 0 spiro atoms. The Kier molecular flexibility index (Phi) is 6.84. The van der Waals surface area contributed by atoms with Crippen molar-refractivity contribution >= 4 is 28.5 Å². The van der Waals surface area contributed by atoms with E-state index in [1.54, 1.807) is 25.3 Å². The maximum Gasteiger partial charge on any atom is 0.270 e. The Balaban J connectivity index is 1.56. The molecule has 2 aromatic rings. The van der Waals surface area contributed by atoms with Crippen LogP contribution in [0.5, 0.6) is 5.75 Å². The molecule has 2 heterocycles. The van der Waals surface area contributed by atoms with E-state index in [0.29, 0.717) is 24.1 Å². The highest BCUT2D eigenvalue weighted by Crippen LogP contribution is 2.36. The second kappa shape index (κ2) is 9.68. The fourth-order valence-electron chi connectivity index (χ4n) is 5.22. The smallest absolute Gasteiger partial charge is 0.270 e. The van der Waals surface area contributed by atoms with Crippen LogP contribution < -0.4 is 10.1 Å². The molecule has 1 aliphatic heterocycles. The number of nitriles is 1. The van der Waals surface area contributed by atoms with Gasteiger partial charge in [-0.2, -0.15) is 5.26 Å². The third kappa shape index (κ3) is 5.02. The second-order valence-corrected chi connectivity index (χ2v) is 10.1. The molecular formula is C26H31FN4O4. The first-order valence-corrected chi connectivity index (χ1v) is 12.0. The molecular weight excluding hydrogens is 451 g/mol. The number of benzene rings is 1. The summed E-state index contributed by atoms with van der Waals surface area (Å²) in [5.41, 5.74) is -0.615. The summed E-state index contributed by atoms with van der Waals surface area (Å²) >= 11 is 0. The Morgan fingerprint density at radius 1 is 1.40 bits per heavy atom. The molecule has 1 aromatic carbocycles. The number of Topliss-reactive ketones (excluding diaryl/α,β-unsaturated/α-hetero) is 1. The van der Waals surface area contributed by atoms with Gasteiger partial charge in [0.05, 0.1) is 13.2 Å². The minimum Gasteiger partial charge on any atom is -0.496 e. The van der Waals surface area contributed by atoms with Gasteiger partial charge in [-0.25, -0.2) is 4.39 Å². The van der Waals surface area contributed by atoms with Crippen LogP contribution in [0.25, 0.3) is 10.9 Å². The number of carbonyl (C=O) groups is 3. The fourth-order valence-corrected chi connectivity index (χ4v) is 5.22. The molecule has 8 nitrogen and oxygen atoms in total. The topological polar surface area (TPSA) is 115 Å². The number of ether oxygens (including phenoxy) is 1. The molecule has 35 heavy (non-hydrogen) atoms. The van der Waals surface area contributed by atoms with Crippen molar-refractivity contribution in [1.29, 1.82) is 5.26 Å². The molecule has 1 saturated carbocycles. The number of ketones is 1. The molecule has 2 amide bonds. The first kappa shape index (κ1) is 24.7. The minimum absolute atomic E-state index is 0.0747. The molecule has 0 bridgehead atoms. The number of fused-ring (bicyclic) bond motifs is 1. The monoisotopic (exact) mass is 482 g/mol. The number of hydrogen-bond donors (Lipinski definition) is 2. The standard InChI is InChI=1S/C26H31FN4O4/c1-26(2,27)16-11-21(24(33)29-17(13-28)10-15-6-4-8-22(15)32)31(14-16)25(34)20-12-18-19(30-20)7-5-9-23(18)35-3/h5,7,9,12,15-17,21,30H,4,6,8,10-11,14H2,1-3H3,(H,29,33)/t15-,16+,17-,21-/m0/s1. The predicted molar refractivity (Wildman–Crippen MR) is 127 cm³/mol. The summed E-state index contributed by atoms with van der Waals surface area (Å²) in [7, 11) is 1.54. The molecule has 4 atom stereocenters. The van der Waals surface area contributed by atoms with Crippen molar-refractivity contribution < 1.29 is 23.5 Å². The van der Waals surface area contributed by atoms with E-state index in [1.807, 2.05) is 6.07 Å². The number of likely N-dealkylation sites (tertiary alicyclic amines) is 1. The Morgan fingerprint density at radius 3 is 2.80 bits per heavy atom. The number of amides is 2. The van der Waals surface area contributed by atoms with Crippen LogP contribution in [-0.2, 0) is 9.59 Å².